The van der Waals surface area contributed by atoms with Crippen LogP contribution in [0.2, 0.25) is 5.02 Å². The molecule has 0 fully saturated rings. The zero-order valence-corrected chi connectivity index (χ0v) is 19.8. The molecule has 0 radical (unpaired) electrons. The van der Waals surface area contributed by atoms with Crippen molar-refractivity contribution >= 4 is 11.6 Å². The largest absolute Gasteiger partial charge is 0.489 e. The molecule has 0 atom stereocenters. The first kappa shape index (κ1) is 24.0. The van der Waals surface area contributed by atoms with Crippen LogP contribution in [0, 0.1) is 5.82 Å². The summed E-state index contributed by atoms with van der Waals surface area (Å²) in [6.07, 6.45) is 5.85. The number of H-pyrrole nitrogens is 2. The quantitative estimate of drug-likeness (QED) is 0.349. The summed E-state index contributed by atoms with van der Waals surface area (Å²) < 4.78 is 21.2. The summed E-state index contributed by atoms with van der Waals surface area (Å²) in [4.78, 5) is 46.4. The molecule has 0 amide bonds. The van der Waals surface area contributed by atoms with Gasteiger partial charge in [0.05, 0.1) is 17.4 Å². The first-order valence-electron chi connectivity index (χ1n) is 11.1. The van der Waals surface area contributed by atoms with Gasteiger partial charge in [0.15, 0.2) is 0 Å². The van der Waals surface area contributed by atoms with Gasteiger partial charge in [0.25, 0.3) is 11.1 Å². The predicted molar refractivity (Wildman–Crippen MR) is 138 cm³/mol. The van der Waals surface area contributed by atoms with Crippen molar-refractivity contribution in [2.45, 2.75) is 6.61 Å². The molecule has 0 spiro atoms. The topological polar surface area (TPSA) is 110 Å². The average molecular weight is 517 g/mol. The summed E-state index contributed by atoms with van der Waals surface area (Å²) in [6.45, 7) is -0.0425. The van der Waals surface area contributed by atoms with Crippen LogP contribution in [-0.4, -0.2) is 19.5 Å². The third-order valence-electron chi connectivity index (χ3n) is 5.61. The zero-order valence-electron chi connectivity index (χ0n) is 19.1. The molecule has 0 bridgehead atoms. The summed E-state index contributed by atoms with van der Waals surface area (Å²) in [5.41, 5.74) is 0.302. The van der Waals surface area contributed by atoms with Crippen LogP contribution in [0.15, 0.2) is 99.8 Å². The molecule has 5 rings (SSSR count). The van der Waals surface area contributed by atoms with Crippen LogP contribution in [-0.2, 0) is 6.61 Å². The number of rotatable bonds is 6. The Hall–Kier alpha value is -4.76. The predicted octanol–water partition coefficient (Wildman–Crippen LogP) is 4.31. The molecule has 5 aromatic rings. The van der Waals surface area contributed by atoms with Gasteiger partial charge in [-0.25, -0.2) is 9.18 Å². The van der Waals surface area contributed by atoms with E-state index in [1.807, 2.05) is 0 Å². The van der Waals surface area contributed by atoms with E-state index in [4.69, 9.17) is 16.3 Å². The highest BCUT2D eigenvalue weighted by molar-refractivity contribution is 6.31. The van der Waals surface area contributed by atoms with Gasteiger partial charge in [-0.15, -0.1) is 0 Å². The van der Waals surface area contributed by atoms with Crippen LogP contribution in [0.1, 0.15) is 5.56 Å². The number of aromatic nitrogens is 4. The van der Waals surface area contributed by atoms with Crippen LogP contribution in [0.25, 0.3) is 27.9 Å². The summed E-state index contributed by atoms with van der Waals surface area (Å²) >= 11 is 6.35. The number of halogens is 2. The van der Waals surface area contributed by atoms with Crippen molar-refractivity contribution in [1.29, 1.82) is 0 Å². The molecule has 37 heavy (non-hydrogen) atoms. The molecule has 2 aromatic carbocycles. The fourth-order valence-corrected chi connectivity index (χ4v) is 4.05. The van der Waals surface area contributed by atoms with Gasteiger partial charge in [0.2, 0.25) is 0 Å². The van der Waals surface area contributed by atoms with Crippen LogP contribution >= 0.6 is 11.6 Å². The van der Waals surface area contributed by atoms with Crippen molar-refractivity contribution in [3.05, 3.63) is 133 Å². The summed E-state index contributed by atoms with van der Waals surface area (Å²) in [7, 11) is 0. The number of hydrogen-bond donors (Lipinski definition) is 2. The molecular weight excluding hydrogens is 499 g/mol. The van der Waals surface area contributed by atoms with Crippen LogP contribution in [0.5, 0.6) is 5.75 Å². The highest BCUT2D eigenvalue weighted by Crippen LogP contribution is 2.30. The smallest absolute Gasteiger partial charge is 0.325 e. The molecule has 3 heterocycles. The van der Waals surface area contributed by atoms with E-state index in [0.717, 1.165) is 0 Å². The maximum atomic E-state index is 14.0. The lowest BCUT2D eigenvalue weighted by atomic mass is 10.0. The molecule has 3 aromatic heterocycles. The van der Waals surface area contributed by atoms with Gasteiger partial charge in [-0.05, 0) is 48.0 Å². The number of aromatic amines is 2. The molecule has 0 aliphatic rings. The highest BCUT2D eigenvalue weighted by atomic mass is 35.5. The summed E-state index contributed by atoms with van der Waals surface area (Å²) in [5.74, 6) is -0.0756. The van der Waals surface area contributed by atoms with E-state index in [1.54, 1.807) is 54.7 Å². The van der Waals surface area contributed by atoms with E-state index < -0.39 is 22.6 Å². The van der Waals surface area contributed by atoms with Gasteiger partial charge in [0, 0.05) is 40.3 Å². The Morgan fingerprint density at radius 2 is 1.81 bits per heavy atom. The normalized spacial score (nSPS) is 10.9. The molecule has 10 heteroatoms. The number of nitrogens with one attached hydrogen (secondary N) is 2. The Labute approximate surface area is 213 Å². The minimum absolute atomic E-state index is 0.0425. The van der Waals surface area contributed by atoms with Crippen LogP contribution in [0.4, 0.5) is 4.39 Å². The lowest BCUT2D eigenvalue weighted by molar-refractivity contribution is 0.300. The van der Waals surface area contributed by atoms with Crippen LogP contribution in [0.3, 0.4) is 0 Å². The Morgan fingerprint density at radius 3 is 2.57 bits per heavy atom. The van der Waals surface area contributed by atoms with E-state index >= 15 is 0 Å². The van der Waals surface area contributed by atoms with Crippen molar-refractivity contribution in [2.75, 3.05) is 0 Å². The maximum absolute atomic E-state index is 14.0. The second-order valence-electron chi connectivity index (χ2n) is 8.07. The molecule has 2 N–H and O–H groups in total. The van der Waals surface area contributed by atoms with Gasteiger partial charge in [-0.2, -0.15) is 0 Å². The minimum Gasteiger partial charge on any atom is -0.489 e. The Kier molecular flexibility index (Phi) is 6.53. The van der Waals surface area contributed by atoms with Crippen LogP contribution < -0.4 is 21.5 Å². The summed E-state index contributed by atoms with van der Waals surface area (Å²) in [6, 6.07) is 15.9. The van der Waals surface area contributed by atoms with Gasteiger partial charge >= 0.3 is 5.69 Å². The third kappa shape index (κ3) is 5.12. The standard InChI is InChI=1S/C27H18ClFN4O4/c28-19-8-17(9-21(11-19)37-15-16-4-1-2-6-24(16)29)22-10-18(23-13-31-27(36)32-25(23)34)14-33(26(22)35)20-5-3-7-30-12-20/h1-14H,15H2,(H2,31,32,34,36). The molecule has 0 saturated heterocycles. The lowest BCUT2D eigenvalue weighted by Crippen LogP contribution is -2.24. The number of ether oxygens (including phenoxy) is 1. The Bertz CT molecular complexity index is 1780. The van der Waals surface area contributed by atoms with Crippen molar-refractivity contribution in [3.8, 4) is 33.7 Å². The molecule has 184 valence electrons. The van der Waals surface area contributed by atoms with E-state index in [0.29, 0.717) is 33.1 Å². The van der Waals surface area contributed by atoms with E-state index in [1.165, 1.54) is 35.3 Å². The van der Waals surface area contributed by atoms with E-state index in [9.17, 15) is 18.8 Å². The SMILES string of the molecule is O=c1[nH]cc(-c2cc(-c3cc(Cl)cc(OCc4ccccc4F)c3)c(=O)n(-c3cccnc3)c2)c(=O)[nH]1. The van der Waals surface area contributed by atoms with Crippen molar-refractivity contribution in [3.63, 3.8) is 0 Å². The number of nitrogens with zero attached hydrogens (tertiary/aromatic N) is 2. The monoisotopic (exact) mass is 516 g/mol. The molecule has 0 saturated carbocycles. The van der Waals surface area contributed by atoms with Crippen molar-refractivity contribution in [1.82, 2.24) is 19.5 Å². The number of pyridine rings is 2. The van der Waals surface area contributed by atoms with Gasteiger partial charge in [-0.1, -0.05) is 29.8 Å². The molecule has 0 aliphatic carbocycles. The van der Waals surface area contributed by atoms with E-state index in [-0.39, 0.29) is 17.7 Å². The second kappa shape index (κ2) is 10.1. The fraction of sp³-hybridized carbons (Fsp3) is 0.0370. The zero-order chi connectivity index (χ0) is 25.9. The third-order valence-corrected chi connectivity index (χ3v) is 5.82. The molecule has 0 aliphatic heterocycles. The van der Waals surface area contributed by atoms with Crippen molar-refractivity contribution < 1.29 is 9.13 Å². The van der Waals surface area contributed by atoms with Crippen molar-refractivity contribution in [2.24, 2.45) is 0 Å². The van der Waals surface area contributed by atoms with E-state index in [2.05, 4.69) is 15.0 Å². The highest BCUT2D eigenvalue weighted by Gasteiger charge is 2.16. The average Bonchev–Trinajstić information content (AvgIpc) is 2.89. The van der Waals surface area contributed by atoms with Gasteiger partial charge < -0.3 is 9.72 Å². The Morgan fingerprint density at radius 1 is 0.973 bits per heavy atom. The molecule has 8 nitrogen and oxygen atoms in total. The summed E-state index contributed by atoms with van der Waals surface area (Å²) in [5, 5.41) is 0.292. The lowest BCUT2D eigenvalue weighted by Gasteiger charge is -2.13. The number of hydrogen-bond acceptors (Lipinski definition) is 5. The Balaban J connectivity index is 1.65. The molecule has 0 unspecified atom stereocenters. The number of benzene rings is 2. The maximum Gasteiger partial charge on any atom is 0.325 e. The molecular formula is C27H18ClFN4O4. The van der Waals surface area contributed by atoms with Gasteiger partial charge in [0.1, 0.15) is 18.2 Å². The first-order chi connectivity index (χ1) is 17.9. The van der Waals surface area contributed by atoms with Gasteiger partial charge in [-0.3, -0.25) is 24.1 Å². The fourth-order valence-electron chi connectivity index (χ4n) is 3.83. The minimum atomic E-state index is -0.652. The first-order valence-corrected chi connectivity index (χ1v) is 11.4. The second-order valence-corrected chi connectivity index (χ2v) is 8.51.